The van der Waals surface area contributed by atoms with Gasteiger partial charge in [-0.3, -0.25) is 9.59 Å². The Balaban J connectivity index is 1.23. The summed E-state index contributed by atoms with van der Waals surface area (Å²) in [5.41, 5.74) is 1.48. The van der Waals surface area contributed by atoms with Gasteiger partial charge in [-0.15, -0.1) is 0 Å². The lowest BCUT2D eigenvalue weighted by atomic mass is 10.1. The number of aromatic nitrogens is 1. The molecule has 1 aromatic heterocycles. The number of hydrogen-bond donors (Lipinski definition) is 1. The first-order chi connectivity index (χ1) is 14.2. The van der Waals surface area contributed by atoms with Crippen LogP contribution in [0.3, 0.4) is 0 Å². The maximum absolute atomic E-state index is 12.4. The summed E-state index contributed by atoms with van der Waals surface area (Å²) in [6.45, 7) is 3.50. The maximum atomic E-state index is 12.4. The predicted octanol–water partition coefficient (Wildman–Crippen LogP) is 2.73. The quantitative estimate of drug-likeness (QED) is 0.726. The zero-order valence-electron chi connectivity index (χ0n) is 16.4. The number of carbonyl (C=O) groups excluding carboxylic acids is 2. The molecule has 3 heterocycles. The first kappa shape index (κ1) is 19.2. The molecule has 2 aliphatic heterocycles. The minimum atomic E-state index is -0.153. The summed E-state index contributed by atoms with van der Waals surface area (Å²) < 4.78 is 11.0. The average Bonchev–Trinajstić information content (AvgIpc) is 3.31. The molecule has 1 saturated heterocycles. The minimum absolute atomic E-state index is 0.0891. The number of ketones is 1. The maximum Gasteiger partial charge on any atom is 0.220 e. The van der Waals surface area contributed by atoms with E-state index in [1.54, 1.807) is 24.4 Å². The van der Waals surface area contributed by atoms with Gasteiger partial charge in [-0.1, -0.05) is 6.07 Å². The molecule has 0 saturated carbocycles. The number of fused-ring (bicyclic) bond motifs is 1. The highest BCUT2D eigenvalue weighted by Gasteiger charge is 2.16. The lowest BCUT2D eigenvalue weighted by Gasteiger charge is -2.18. The number of nitrogens with one attached hydrogen (secondary N) is 1. The van der Waals surface area contributed by atoms with Crippen molar-refractivity contribution in [2.45, 2.75) is 32.2 Å². The molecule has 1 aromatic carbocycles. The Morgan fingerprint density at radius 2 is 1.79 bits per heavy atom. The molecular weight excluding hydrogens is 370 g/mol. The Kier molecular flexibility index (Phi) is 5.93. The lowest BCUT2D eigenvalue weighted by Crippen LogP contribution is -2.24. The van der Waals surface area contributed by atoms with Gasteiger partial charge in [0.2, 0.25) is 5.91 Å². The van der Waals surface area contributed by atoms with Crippen LogP contribution >= 0.6 is 0 Å². The molecular formula is C22H25N3O4. The van der Waals surface area contributed by atoms with Crippen molar-refractivity contribution in [1.82, 2.24) is 10.3 Å². The number of carbonyl (C=O) groups is 2. The van der Waals surface area contributed by atoms with E-state index in [1.807, 2.05) is 12.1 Å². The van der Waals surface area contributed by atoms with Crippen LogP contribution in [0.1, 0.15) is 41.6 Å². The van der Waals surface area contributed by atoms with Crippen molar-refractivity contribution in [3.63, 3.8) is 0 Å². The number of hydrogen-bond acceptors (Lipinski definition) is 6. The molecule has 0 atom stereocenters. The van der Waals surface area contributed by atoms with Crippen LogP contribution in [0.15, 0.2) is 36.5 Å². The van der Waals surface area contributed by atoms with E-state index in [0.717, 1.165) is 24.5 Å². The Morgan fingerprint density at radius 1 is 1.00 bits per heavy atom. The van der Waals surface area contributed by atoms with Gasteiger partial charge in [0.15, 0.2) is 17.3 Å². The molecule has 4 rings (SSSR count). The third-order valence-corrected chi connectivity index (χ3v) is 5.17. The number of Topliss-reactive ketones (excluding diaryl/α,β-unsaturated/α-hetero) is 1. The van der Waals surface area contributed by atoms with Crippen LogP contribution < -0.4 is 19.7 Å². The SMILES string of the molecule is O=C(CCC(=O)c1ccc2c(c1)OCCO2)NCc1ccc(N2CCCC2)nc1. The Morgan fingerprint density at radius 3 is 2.55 bits per heavy atom. The smallest absolute Gasteiger partial charge is 0.220 e. The van der Waals surface area contributed by atoms with Crippen LogP contribution in [-0.4, -0.2) is 43.0 Å². The van der Waals surface area contributed by atoms with Gasteiger partial charge < -0.3 is 19.7 Å². The Labute approximate surface area is 170 Å². The standard InChI is InChI=1S/C22H25N3O4/c26-18(17-4-6-19-20(13-17)29-12-11-28-19)5-8-22(27)24-15-16-3-7-21(23-14-16)25-9-1-2-10-25/h3-4,6-7,13-14H,1-2,5,8-12,15H2,(H,24,27). The summed E-state index contributed by atoms with van der Waals surface area (Å²) in [6.07, 6.45) is 4.52. The van der Waals surface area contributed by atoms with Crippen LogP contribution in [0.2, 0.25) is 0 Å². The van der Waals surface area contributed by atoms with Crippen molar-refractivity contribution >= 4 is 17.5 Å². The molecule has 2 aliphatic rings. The van der Waals surface area contributed by atoms with E-state index in [4.69, 9.17) is 9.47 Å². The zero-order valence-corrected chi connectivity index (χ0v) is 16.4. The summed E-state index contributed by atoms with van der Waals surface area (Å²) in [4.78, 5) is 31.3. The van der Waals surface area contributed by atoms with Gasteiger partial charge in [-0.25, -0.2) is 4.98 Å². The minimum Gasteiger partial charge on any atom is -0.486 e. The molecule has 7 heteroatoms. The van der Waals surface area contributed by atoms with Gasteiger partial charge in [-0.05, 0) is 42.7 Å². The molecule has 1 amide bonds. The van der Waals surface area contributed by atoms with E-state index in [-0.39, 0.29) is 24.5 Å². The van der Waals surface area contributed by atoms with E-state index in [9.17, 15) is 9.59 Å². The molecule has 0 unspecified atom stereocenters. The number of pyridine rings is 1. The second-order valence-corrected chi connectivity index (χ2v) is 7.28. The van der Waals surface area contributed by atoms with E-state index in [1.165, 1.54) is 12.8 Å². The molecule has 152 valence electrons. The summed E-state index contributed by atoms with van der Waals surface area (Å²) in [5, 5.41) is 2.86. The van der Waals surface area contributed by atoms with Gasteiger partial charge in [-0.2, -0.15) is 0 Å². The number of amides is 1. The number of nitrogens with zero attached hydrogens (tertiary/aromatic N) is 2. The third-order valence-electron chi connectivity index (χ3n) is 5.17. The van der Waals surface area contributed by atoms with Gasteiger partial charge in [0.05, 0.1) is 0 Å². The monoisotopic (exact) mass is 395 g/mol. The van der Waals surface area contributed by atoms with Crippen LogP contribution in [0.25, 0.3) is 0 Å². The Hall–Kier alpha value is -3.09. The van der Waals surface area contributed by atoms with Crippen molar-refractivity contribution in [1.29, 1.82) is 0 Å². The average molecular weight is 395 g/mol. The van der Waals surface area contributed by atoms with Crippen molar-refractivity contribution in [2.75, 3.05) is 31.2 Å². The van der Waals surface area contributed by atoms with Gasteiger partial charge in [0.1, 0.15) is 19.0 Å². The summed E-state index contributed by atoms with van der Waals surface area (Å²) in [6, 6.07) is 9.11. The highest BCUT2D eigenvalue weighted by Crippen LogP contribution is 2.31. The second-order valence-electron chi connectivity index (χ2n) is 7.28. The lowest BCUT2D eigenvalue weighted by molar-refractivity contribution is -0.121. The normalized spacial score (nSPS) is 15.2. The summed E-state index contributed by atoms with van der Waals surface area (Å²) in [7, 11) is 0. The highest BCUT2D eigenvalue weighted by molar-refractivity contribution is 5.98. The number of ether oxygens (including phenoxy) is 2. The van der Waals surface area contributed by atoms with Crippen LogP contribution in [-0.2, 0) is 11.3 Å². The van der Waals surface area contributed by atoms with E-state index in [0.29, 0.717) is 36.8 Å². The fraction of sp³-hybridized carbons (Fsp3) is 0.409. The fourth-order valence-electron chi connectivity index (χ4n) is 3.53. The van der Waals surface area contributed by atoms with E-state index < -0.39 is 0 Å². The number of rotatable bonds is 7. The topological polar surface area (TPSA) is 80.8 Å². The first-order valence-electron chi connectivity index (χ1n) is 10.1. The molecule has 2 aromatic rings. The third kappa shape index (κ3) is 4.85. The molecule has 0 spiro atoms. The van der Waals surface area contributed by atoms with Gasteiger partial charge in [0, 0.05) is 44.2 Å². The van der Waals surface area contributed by atoms with Gasteiger partial charge in [0.25, 0.3) is 0 Å². The highest BCUT2D eigenvalue weighted by atomic mass is 16.6. The van der Waals surface area contributed by atoms with Crippen molar-refractivity contribution in [3.8, 4) is 11.5 Å². The summed E-state index contributed by atoms with van der Waals surface area (Å²) in [5.74, 6) is 1.97. The molecule has 1 fully saturated rings. The second kappa shape index (κ2) is 8.94. The van der Waals surface area contributed by atoms with Gasteiger partial charge >= 0.3 is 0 Å². The van der Waals surface area contributed by atoms with Crippen LogP contribution in [0.4, 0.5) is 5.82 Å². The largest absolute Gasteiger partial charge is 0.486 e. The van der Waals surface area contributed by atoms with Crippen molar-refractivity contribution < 1.29 is 19.1 Å². The van der Waals surface area contributed by atoms with Crippen molar-refractivity contribution in [3.05, 3.63) is 47.7 Å². The molecule has 7 nitrogen and oxygen atoms in total. The molecule has 1 N–H and O–H groups in total. The summed E-state index contributed by atoms with van der Waals surface area (Å²) >= 11 is 0. The predicted molar refractivity (Wildman–Crippen MR) is 109 cm³/mol. The fourth-order valence-corrected chi connectivity index (χ4v) is 3.53. The van der Waals surface area contributed by atoms with Crippen LogP contribution in [0.5, 0.6) is 11.5 Å². The van der Waals surface area contributed by atoms with Crippen molar-refractivity contribution in [2.24, 2.45) is 0 Å². The molecule has 0 radical (unpaired) electrons. The van der Waals surface area contributed by atoms with Crippen LogP contribution in [0, 0.1) is 0 Å². The van der Waals surface area contributed by atoms with E-state index >= 15 is 0 Å². The first-order valence-corrected chi connectivity index (χ1v) is 10.1. The Bertz CT molecular complexity index is 876. The molecule has 0 aliphatic carbocycles. The molecule has 0 bridgehead atoms. The zero-order chi connectivity index (χ0) is 20.1. The van der Waals surface area contributed by atoms with E-state index in [2.05, 4.69) is 15.2 Å². The molecule has 29 heavy (non-hydrogen) atoms. The number of benzene rings is 1. The number of anilines is 1.